The van der Waals surface area contributed by atoms with Crippen LogP contribution >= 0.6 is 0 Å². The van der Waals surface area contributed by atoms with Crippen LogP contribution in [0.3, 0.4) is 0 Å². The minimum atomic E-state index is -0.300. The number of carbonyl (C=O) groups is 1. The quantitative estimate of drug-likeness (QED) is 0.810. The summed E-state index contributed by atoms with van der Waals surface area (Å²) < 4.78 is 15.9. The molecule has 1 amide bonds. The van der Waals surface area contributed by atoms with Gasteiger partial charge in [-0.25, -0.2) is 0 Å². The first-order valence-electron chi connectivity index (χ1n) is 7.05. The zero-order chi connectivity index (χ0) is 14.9. The van der Waals surface area contributed by atoms with E-state index in [0.29, 0.717) is 26.2 Å². The molecule has 0 radical (unpaired) electrons. The number of rotatable bonds is 6. The highest BCUT2D eigenvalue weighted by molar-refractivity contribution is 5.74. The standard InChI is InChI=1S/C15H20N2O4/c1-15(7-19-8-15)13(5-14(16)18)17-6-10-2-3-11-12(4-10)21-9-20-11/h2-4,13,17H,5-9H2,1H3,(H2,16,18). The van der Waals surface area contributed by atoms with Gasteiger partial charge in [0.1, 0.15) is 0 Å². The van der Waals surface area contributed by atoms with Crippen molar-refractivity contribution in [1.29, 1.82) is 0 Å². The highest BCUT2D eigenvalue weighted by Gasteiger charge is 2.41. The van der Waals surface area contributed by atoms with Crippen molar-refractivity contribution in [3.63, 3.8) is 0 Å². The van der Waals surface area contributed by atoms with Crippen LogP contribution in [0.5, 0.6) is 11.5 Å². The Balaban J connectivity index is 1.65. The van der Waals surface area contributed by atoms with Gasteiger partial charge in [0, 0.05) is 24.4 Å². The number of hydrogen-bond donors (Lipinski definition) is 2. The van der Waals surface area contributed by atoms with E-state index >= 15 is 0 Å². The molecule has 2 heterocycles. The lowest BCUT2D eigenvalue weighted by Crippen LogP contribution is -2.56. The van der Waals surface area contributed by atoms with E-state index in [-0.39, 0.29) is 24.2 Å². The molecule has 21 heavy (non-hydrogen) atoms. The van der Waals surface area contributed by atoms with Crippen LogP contribution in [0.4, 0.5) is 0 Å². The van der Waals surface area contributed by atoms with Gasteiger partial charge in [0.25, 0.3) is 0 Å². The van der Waals surface area contributed by atoms with Crippen LogP contribution in [-0.2, 0) is 16.1 Å². The molecule has 2 aliphatic heterocycles. The Morgan fingerprint density at radius 2 is 2.14 bits per heavy atom. The molecular formula is C15H20N2O4. The molecule has 0 saturated carbocycles. The van der Waals surface area contributed by atoms with Gasteiger partial charge in [-0.3, -0.25) is 4.79 Å². The number of carbonyl (C=O) groups excluding carboxylic acids is 1. The van der Waals surface area contributed by atoms with Crippen LogP contribution in [0.1, 0.15) is 18.9 Å². The monoisotopic (exact) mass is 292 g/mol. The Kier molecular flexibility index (Phi) is 3.73. The molecule has 0 aromatic heterocycles. The molecule has 1 atom stereocenters. The zero-order valence-electron chi connectivity index (χ0n) is 12.1. The third-order valence-electron chi connectivity index (χ3n) is 4.10. The fraction of sp³-hybridized carbons (Fsp3) is 0.533. The van der Waals surface area contributed by atoms with Crippen molar-refractivity contribution < 1.29 is 19.0 Å². The fourth-order valence-electron chi connectivity index (χ4n) is 2.68. The third-order valence-corrected chi connectivity index (χ3v) is 4.10. The Morgan fingerprint density at radius 3 is 2.81 bits per heavy atom. The van der Waals surface area contributed by atoms with E-state index in [4.69, 9.17) is 19.9 Å². The van der Waals surface area contributed by atoms with Crippen molar-refractivity contribution in [2.45, 2.75) is 25.9 Å². The van der Waals surface area contributed by atoms with E-state index in [1.807, 2.05) is 18.2 Å². The summed E-state index contributed by atoms with van der Waals surface area (Å²) in [6.07, 6.45) is 0.310. The molecule has 6 heteroatoms. The SMILES string of the molecule is CC1(C(CC(N)=O)NCc2ccc3c(c2)OCO3)COC1. The average Bonchev–Trinajstić information content (AvgIpc) is 2.87. The van der Waals surface area contributed by atoms with Gasteiger partial charge in [-0.1, -0.05) is 13.0 Å². The molecule has 114 valence electrons. The highest BCUT2D eigenvalue weighted by atomic mass is 16.7. The summed E-state index contributed by atoms with van der Waals surface area (Å²) in [6.45, 7) is 4.32. The predicted octanol–water partition coefficient (Wildman–Crippen LogP) is 0.785. The van der Waals surface area contributed by atoms with Gasteiger partial charge in [0.15, 0.2) is 11.5 Å². The third kappa shape index (κ3) is 2.96. The number of hydrogen-bond acceptors (Lipinski definition) is 5. The lowest BCUT2D eigenvalue weighted by Gasteiger charge is -2.44. The lowest BCUT2D eigenvalue weighted by molar-refractivity contribution is -0.133. The maximum absolute atomic E-state index is 11.3. The number of amides is 1. The minimum absolute atomic E-state index is 0.00849. The second kappa shape index (κ2) is 5.54. The molecule has 1 fully saturated rings. The van der Waals surface area contributed by atoms with Gasteiger partial charge in [0.2, 0.25) is 12.7 Å². The topological polar surface area (TPSA) is 82.8 Å². The lowest BCUT2D eigenvalue weighted by atomic mass is 9.78. The molecule has 1 aromatic carbocycles. The van der Waals surface area contributed by atoms with Gasteiger partial charge >= 0.3 is 0 Å². The largest absolute Gasteiger partial charge is 0.454 e. The summed E-state index contributed by atoms with van der Waals surface area (Å²) in [4.78, 5) is 11.3. The maximum atomic E-state index is 11.3. The number of nitrogens with one attached hydrogen (secondary N) is 1. The summed E-state index contributed by atoms with van der Waals surface area (Å²) in [7, 11) is 0. The number of primary amides is 1. The molecule has 2 aliphatic rings. The highest BCUT2D eigenvalue weighted by Crippen LogP contribution is 2.34. The van der Waals surface area contributed by atoms with Gasteiger partial charge in [-0.2, -0.15) is 0 Å². The van der Waals surface area contributed by atoms with E-state index in [1.54, 1.807) is 0 Å². The van der Waals surface area contributed by atoms with Gasteiger partial charge < -0.3 is 25.3 Å². The normalized spacial score (nSPS) is 19.9. The second-order valence-corrected chi connectivity index (χ2v) is 5.94. The summed E-state index contributed by atoms with van der Waals surface area (Å²) in [6, 6.07) is 5.85. The second-order valence-electron chi connectivity index (χ2n) is 5.94. The number of fused-ring (bicyclic) bond motifs is 1. The van der Waals surface area contributed by atoms with E-state index in [2.05, 4.69) is 12.2 Å². The van der Waals surface area contributed by atoms with Gasteiger partial charge in [0.05, 0.1) is 13.2 Å². The van der Waals surface area contributed by atoms with E-state index in [1.165, 1.54) is 0 Å². The van der Waals surface area contributed by atoms with Crippen molar-refractivity contribution in [2.24, 2.45) is 11.1 Å². The molecule has 1 unspecified atom stereocenters. The van der Waals surface area contributed by atoms with Crippen LogP contribution < -0.4 is 20.5 Å². The first kappa shape index (κ1) is 14.2. The predicted molar refractivity (Wildman–Crippen MR) is 75.9 cm³/mol. The molecule has 3 rings (SSSR count). The van der Waals surface area contributed by atoms with Crippen molar-refractivity contribution in [3.8, 4) is 11.5 Å². The van der Waals surface area contributed by atoms with Crippen LogP contribution in [0, 0.1) is 5.41 Å². The summed E-state index contributed by atoms with van der Waals surface area (Å²) in [5, 5.41) is 3.42. The molecule has 0 aliphatic carbocycles. The minimum Gasteiger partial charge on any atom is -0.454 e. The maximum Gasteiger partial charge on any atom is 0.231 e. The van der Waals surface area contributed by atoms with E-state index < -0.39 is 0 Å². The van der Waals surface area contributed by atoms with Crippen LogP contribution in [0.15, 0.2) is 18.2 Å². The number of benzene rings is 1. The molecule has 0 bridgehead atoms. The smallest absolute Gasteiger partial charge is 0.231 e. The van der Waals surface area contributed by atoms with E-state index in [9.17, 15) is 4.79 Å². The zero-order valence-corrected chi connectivity index (χ0v) is 12.1. The average molecular weight is 292 g/mol. The summed E-state index contributed by atoms with van der Waals surface area (Å²) in [5.74, 6) is 1.23. The Hall–Kier alpha value is -1.79. The Bertz CT molecular complexity index is 542. The van der Waals surface area contributed by atoms with Crippen molar-refractivity contribution >= 4 is 5.91 Å². The van der Waals surface area contributed by atoms with Gasteiger partial charge in [-0.05, 0) is 17.7 Å². The molecular weight excluding hydrogens is 272 g/mol. The van der Waals surface area contributed by atoms with Crippen LogP contribution in [0.2, 0.25) is 0 Å². The first-order chi connectivity index (χ1) is 10.1. The summed E-state index contributed by atoms with van der Waals surface area (Å²) in [5.41, 5.74) is 6.40. The number of ether oxygens (including phenoxy) is 3. The molecule has 3 N–H and O–H groups in total. The first-order valence-corrected chi connectivity index (χ1v) is 7.05. The summed E-state index contributed by atoms with van der Waals surface area (Å²) >= 11 is 0. The van der Waals surface area contributed by atoms with Gasteiger partial charge in [-0.15, -0.1) is 0 Å². The van der Waals surface area contributed by atoms with E-state index in [0.717, 1.165) is 17.1 Å². The van der Waals surface area contributed by atoms with Crippen LogP contribution in [0.25, 0.3) is 0 Å². The van der Waals surface area contributed by atoms with Crippen molar-refractivity contribution in [3.05, 3.63) is 23.8 Å². The Labute approximate surface area is 123 Å². The van der Waals surface area contributed by atoms with Crippen molar-refractivity contribution in [1.82, 2.24) is 5.32 Å². The molecule has 0 spiro atoms. The molecule has 1 aromatic rings. The van der Waals surface area contributed by atoms with Crippen molar-refractivity contribution in [2.75, 3.05) is 20.0 Å². The fourth-order valence-corrected chi connectivity index (χ4v) is 2.68. The number of nitrogens with two attached hydrogens (primary N) is 1. The Morgan fingerprint density at radius 1 is 1.38 bits per heavy atom. The molecule has 1 saturated heterocycles. The van der Waals surface area contributed by atoms with Crippen LogP contribution in [-0.4, -0.2) is 32.0 Å². The molecule has 6 nitrogen and oxygen atoms in total.